The van der Waals surface area contributed by atoms with E-state index in [9.17, 15) is 4.79 Å². The second-order valence-electron chi connectivity index (χ2n) is 5.16. The lowest BCUT2D eigenvalue weighted by atomic mass is 10.1. The molecule has 0 atom stereocenters. The van der Waals surface area contributed by atoms with Crippen molar-refractivity contribution in [2.75, 3.05) is 6.61 Å². The fraction of sp³-hybridized carbons (Fsp3) is 0.0455. The summed E-state index contributed by atoms with van der Waals surface area (Å²) in [4.78, 5) is 10.2. The zero-order valence-electron chi connectivity index (χ0n) is 13.8. The number of aromatic carboxylic acids is 1. The van der Waals surface area contributed by atoms with Crippen LogP contribution in [-0.4, -0.2) is 17.7 Å². The SMILES string of the molecule is C=CCOc1ccc(-c2ccccc2)cc1.O=C(O)c1ccccc1. The highest BCUT2D eigenvalue weighted by Crippen LogP contribution is 2.21. The Kier molecular flexibility index (Phi) is 7.01. The fourth-order valence-electron chi connectivity index (χ4n) is 2.11. The fourth-order valence-corrected chi connectivity index (χ4v) is 2.11. The van der Waals surface area contributed by atoms with Gasteiger partial charge in [0.2, 0.25) is 0 Å². The Labute approximate surface area is 147 Å². The van der Waals surface area contributed by atoms with Gasteiger partial charge in [-0.3, -0.25) is 0 Å². The van der Waals surface area contributed by atoms with Crippen LogP contribution in [0.3, 0.4) is 0 Å². The summed E-state index contributed by atoms with van der Waals surface area (Å²) in [5, 5.41) is 8.38. The molecule has 1 N–H and O–H groups in total. The summed E-state index contributed by atoms with van der Waals surface area (Å²) in [6.45, 7) is 4.16. The molecule has 0 bridgehead atoms. The molecule has 0 radical (unpaired) electrons. The van der Waals surface area contributed by atoms with Gasteiger partial charge in [-0.2, -0.15) is 0 Å². The van der Waals surface area contributed by atoms with Crippen LogP contribution in [0.15, 0.2) is 97.6 Å². The molecule has 0 amide bonds. The Morgan fingerprint density at radius 3 is 1.84 bits per heavy atom. The molecule has 0 spiro atoms. The normalized spacial score (nSPS) is 9.44. The van der Waals surface area contributed by atoms with Crippen LogP contribution < -0.4 is 4.74 Å². The summed E-state index contributed by atoms with van der Waals surface area (Å²) in [5.41, 5.74) is 2.75. The topological polar surface area (TPSA) is 46.5 Å². The molecule has 0 heterocycles. The number of carboxylic acids is 1. The average Bonchev–Trinajstić information content (AvgIpc) is 2.68. The predicted molar refractivity (Wildman–Crippen MR) is 101 cm³/mol. The van der Waals surface area contributed by atoms with Gasteiger partial charge >= 0.3 is 5.97 Å². The zero-order chi connectivity index (χ0) is 17.9. The van der Waals surface area contributed by atoms with Crippen LogP contribution in [0.25, 0.3) is 11.1 Å². The summed E-state index contributed by atoms with van der Waals surface area (Å²) in [7, 11) is 0. The van der Waals surface area contributed by atoms with Crippen molar-refractivity contribution < 1.29 is 14.6 Å². The summed E-state index contributed by atoms with van der Waals surface area (Å²) < 4.78 is 5.43. The van der Waals surface area contributed by atoms with Crippen LogP contribution in [0.5, 0.6) is 5.75 Å². The van der Waals surface area contributed by atoms with E-state index >= 15 is 0 Å². The molecule has 0 fully saturated rings. The lowest BCUT2D eigenvalue weighted by molar-refractivity contribution is 0.0697. The van der Waals surface area contributed by atoms with Crippen molar-refractivity contribution in [3.8, 4) is 16.9 Å². The molecule has 3 nitrogen and oxygen atoms in total. The van der Waals surface area contributed by atoms with E-state index in [0.717, 1.165) is 5.75 Å². The van der Waals surface area contributed by atoms with Crippen LogP contribution in [0.2, 0.25) is 0 Å². The van der Waals surface area contributed by atoms with Crippen molar-refractivity contribution in [2.24, 2.45) is 0 Å². The average molecular weight is 332 g/mol. The van der Waals surface area contributed by atoms with Gasteiger partial charge in [-0.05, 0) is 35.4 Å². The van der Waals surface area contributed by atoms with E-state index in [1.165, 1.54) is 11.1 Å². The number of hydrogen-bond donors (Lipinski definition) is 1. The van der Waals surface area contributed by atoms with Crippen molar-refractivity contribution in [2.45, 2.75) is 0 Å². The number of rotatable bonds is 5. The van der Waals surface area contributed by atoms with E-state index < -0.39 is 5.97 Å². The summed E-state index contributed by atoms with van der Waals surface area (Å²) in [5.74, 6) is -0.00446. The molecular formula is C22H20O3. The van der Waals surface area contributed by atoms with E-state index in [1.54, 1.807) is 36.4 Å². The Balaban J connectivity index is 0.000000212. The molecular weight excluding hydrogens is 312 g/mol. The van der Waals surface area contributed by atoms with Crippen molar-refractivity contribution >= 4 is 5.97 Å². The van der Waals surface area contributed by atoms with Crippen LogP contribution in [0, 0.1) is 0 Å². The van der Waals surface area contributed by atoms with E-state index in [-0.39, 0.29) is 0 Å². The van der Waals surface area contributed by atoms with E-state index in [1.807, 2.05) is 30.3 Å². The lowest BCUT2D eigenvalue weighted by Crippen LogP contribution is -1.93. The van der Waals surface area contributed by atoms with Gasteiger partial charge in [0, 0.05) is 0 Å². The summed E-state index contributed by atoms with van der Waals surface area (Å²) in [6.07, 6.45) is 1.74. The highest BCUT2D eigenvalue weighted by molar-refractivity contribution is 5.87. The first-order valence-corrected chi connectivity index (χ1v) is 7.88. The monoisotopic (exact) mass is 332 g/mol. The highest BCUT2D eigenvalue weighted by Gasteiger charge is 1.97. The van der Waals surface area contributed by atoms with Crippen molar-refractivity contribution in [3.05, 3.63) is 103 Å². The third-order valence-corrected chi connectivity index (χ3v) is 3.35. The Morgan fingerprint density at radius 2 is 1.36 bits per heavy atom. The molecule has 0 unspecified atom stereocenters. The standard InChI is InChI=1S/C15H14O.C7H6O2/c1-2-12-16-15-10-8-14(9-11-15)13-6-4-3-5-7-13;8-7(9)6-4-2-1-3-5-6/h2-11H,1,12H2;1-5H,(H,8,9). The van der Waals surface area contributed by atoms with Crippen molar-refractivity contribution in [1.29, 1.82) is 0 Å². The smallest absolute Gasteiger partial charge is 0.335 e. The number of benzene rings is 3. The van der Waals surface area contributed by atoms with Gasteiger partial charge in [-0.1, -0.05) is 73.3 Å². The molecule has 0 aliphatic rings. The second-order valence-corrected chi connectivity index (χ2v) is 5.16. The third-order valence-electron chi connectivity index (χ3n) is 3.35. The minimum Gasteiger partial charge on any atom is -0.490 e. The maximum Gasteiger partial charge on any atom is 0.335 e. The number of carboxylic acid groups (broad SMARTS) is 1. The Morgan fingerprint density at radius 1 is 0.840 bits per heavy atom. The molecule has 0 saturated carbocycles. The van der Waals surface area contributed by atoms with Crippen LogP contribution in [0.1, 0.15) is 10.4 Å². The van der Waals surface area contributed by atoms with Gasteiger partial charge < -0.3 is 9.84 Å². The van der Waals surface area contributed by atoms with Crippen LogP contribution in [-0.2, 0) is 0 Å². The molecule has 0 aliphatic carbocycles. The first kappa shape index (κ1) is 18.0. The van der Waals surface area contributed by atoms with Crippen LogP contribution >= 0.6 is 0 Å². The predicted octanol–water partition coefficient (Wildman–Crippen LogP) is 5.30. The van der Waals surface area contributed by atoms with Gasteiger partial charge in [0.25, 0.3) is 0 Å². The molecule has 25 heavy (non-hydrogen) atoms. The largest absolute Gasteiger partial charge is 0.490 e. The molecule has 126 valence electrons. The highest BCUT2D eigenvalue weighted by atomic mass is 16.5. The quantitative estimate of drug-likeness (QED) is 0.645. The maximum absolute atomic E-state index is 10.2. The Hall–Kier alpha value is -3.33. The molecule has 3 aromatic carbocycles. The van der Waals surface area contributed by atoms with E-state index in [0.29, 0.717) is 12.2 Å². The Bertz CT molecular complexity index is 779. The third kappa shape index (κ3) is 5.99. The summed E-state index contributed by atoms with van der Waals surface area (Å²) >= 11 is 0. The minimum absolute atomic E-state index is 0.331. The maximum atomic E-state index is 10.2. The van der Waals surface area contributed by atoms with E-state index in [2.05, 4.69) is 30.8 Å². The molecule has 0 aromatic heterocycles. The van der Waals surface area contributed by atoms with Gasteiger partial charge in [0.15, 0.2) is 0 Å². The first-order valence-electron chi connectivity index (χ1n) is 7.88. The van der Waals surface area contributed by atoms with Crippen molar-refractivity contribution in [1.82, 2.24) is 0 Å². The molecule has 3 rings (SSSR count). The molecule has 3 aromatic rings. The van der Waals surface area contributed by atoms with Crippen molar-refractivity contribution in [3.63, 3.8) is 0 Å². The van der Waals surface area contributed by atoms with Gasteiger partial charge in [-0.15, -0.1) is 0 Å². The minimum atomic E-state index is -0.879. The molecule has 0 aliphatic heterocycles. The second kappa shape index (κ2) is 9.73. The van der Waals surface area contributed by atoms with Gasteiger partial charge in [-0.25, -0.2) is 4.79 Å². The van der Waals surface area contributed by atoms with Crippen LogP contribution in [0.4, 0.5) is 0 Å². The first-order chi connectivity index (χ1) is 12.2. The summed E-state index contributed by atoms with van der Waals surface area (Å²) in [6, 6.07) is 26.7. The lowest BCUT2D eigenvalue weighted by Gasteiger charge is -2.05. The van der Waals surface area contributed by atoms with Gasteiger partial charge in [0.05, 0.1) is 5.56 Å². The molecule has 0 saturated heterocycles. The van der Waals surface area contributed by atoms with E-state index in [4.69, 9.17) is 9.84 Å². The van der Waals surface area contributed by atoms with Gasteiger partial charge in [0.1, 0.15) is 12.4 Å². The number of ether oxygens (including phenoxy) is 1. The number of carbonyl (C=O) groups is 1. The zero-order valence-corrected chi connectivity index (χ0v) is 13.8. The molecule has 3 heteroatoms. The number of hydrogen-bond acceptors (Lipinski definition) is 2.